The third-order valence-electron chi connectivity index (χ3n) is 6.67. The Morgan fingerprint density at radius 2 is 1.54 bits per heavy atom. The number of nitrogens with two attached hydrogens (primary N) is 1. The van der Waals surface area contributed by atoms with Gasteiger partial charge in [-0.2, -0.15) is 0 Å². The maximum Gasteiger partial charge on any atom is 0.0471 e. The monoisotopic (exact) mass is 371 g/mol. The molecule has 0 saturated heterocycles. The second-order valence-electron chi connectivity index (χ2n) is 8.94. The van der Waals surface area contributed by atoms with E-state index in [2.05, 4.69) is 85.1 Å². The zero-order valence-electron chi connectivity index (χ0n) is 18.2. The molecule has 1 aromatic carbocycles. The molecule has 146 valence electrons. The van der Waals surface area contributed by atoms with Gasteiger partial charge >= 0.3 is 0 Å². The Bertz CT molecular complexity index is 991. The van der Waals surface area contributed by atoms with Crippen molar-refractivity contribution in [2.75, 3.05) is 0 Å². The van der Waals surface area contributed by atoms with E-state index in [4.69, 9.17) is 5.73 Å². The summed E-state index contributed by atoms with van der Waals surface area (Å²) in [6.45, 7) is 21.5. The summed E-state index contributed by atoms with van der Waals surface area (Å²) >= 11 is 0. The molecule has 0 saturated carbocycles. The Balaban J connectivity index is 2.49. The fraction of sp³-hybridized carbons (Fsp3) is 0.333. The molecule has 1 spiro atoms. The van der Waals surface area contributed by atoms with Crippen LogP contribution in [0, 0.1) is 13.8 Å². The van der Waals surface area contributed by atoms with E-state index in [0.29, 0.717) is 5.70 Å². The Labute approximate surface area is 170 Å². The largest absolute Gasteiger partial charge is 0.399 e. The molecule has 1 nitrogen and oxygen atoms in total. The molecule has 0 bridgehead atoms. The van der Waals surface area contributed by atoms with Crippen molar-refractivity contribution in [2.45, 2.75) is 58.8 Å². The number of aryl methyl sites for hydroxylation is 2. The molecule has 2 aliphatic rings. The first-order valence-electron chi connectivity index (χ1n) is 10.0. The highest BCUT2D eigenvalue weighted by Gasteiger charge is 2.55. The Kier molecular flexibility index (Phi) is 4.91. The third kappa shape index (κ3) is 2.68. The van der Waals surface area contributed by atoms with Gasteiger partial charge in [0.15, 0.2) is 0 Å². The lowest BCUT2D eigenvalue weighted by atomic mass is 9.68. The van der Waals surface area contributed by atoms with Crippen LogP contribution in [0.3, 0.4) is 0 Å². The van der Waals surface area contributed by atoms with Crippen LogP contribution in [-0.2, 0) is 10.8 Å². The van der Waals surface area contributed by atoms with Gasteiger partial charge in [-0.1, -0.05) is 57.4 Å². The summed E-state index contributed by atoms with van der Waals surface area (Å²) < 4.78 is 0. The first-order chi connectivity index (χ1) is 13.1. The van der Waals surface area contributed by atoms with Crippen LogP contribution in [0.15, 0.2) is 83.7 Å². The van der Waals surface area contributed by atoms with Crippen molar-refractivity contribution in [2.24, 2.45) is 5.73 Å². The fourth-order valence-corrected chi connectivity index (χ4v) is 5.61. The van der Waals surface area contributed by atoms with Crippen molar-refractivity contribution in [3.8, 4) is 0 Å². The second kappa shape index (κ2) is 6.81. The maximum absolute atomic E-state index is 6.27. The van der Waals surface area contributed by atoms with E-state index in [1.54, 1.807) is 6.08 Å². The molecular formula is C27H33N. The zero-order valence-corrected chi connectivity index (χ0v) is 18.2. The third-order valence-corrected chi connectivity index (χ3v) is 6.67. The van der Waals surface area contributed by atoms with Crippen LogP contribution in [0.4, 0.5) is 0 Å². The molecule has 28 heavy (non-hydrogen) atoms. The highest BCUT2D eigenvalue weighted by Crippen LogP contribution is 2.63. The number of hydrogen-bond donors (Lipinski definition) is 1. The van der Waals surface area contributed by atoms with E-state index in [1.807, 2.05) is 6.08 Å². The highest BCUT2D eigenvalue weighted by atomic mass is 14.6. The average Bonchev–Trinajstić information content (AvgIpc) is 3.00. The van der Waals surface area contributed by atoms with Crippen LogP contribution < -0.4 is 5.73 Å². The van der Waals surface area contributed by atoms with Gasteiger partial charge in [-0.05, 0) is 96.2 Å². The van der Waals surface area contributed by atoms with Gasteiger partial charge in [0.25, 0.3) is 0 Å². The van der Waals surface area contributed by atoms with Crippen LogP contribution in [0.25, 0.3) is 0 Å². The summed E-state index contributed by atoms with van der Waals surface area (Å²) in [6.07, 6.45) is 11.1. The normalized spacial score (nSPS) is 23.9. The van der Waals surface area contributed by atoms with E-state index in [9.17, 15) is 0 Å². The fourth-order valence-electron chi connectivity index (χ4n) is 5.61. The Morgan fingerprint density at radius 1 is 0.964 bits per heavy atom. The SMILES string of the molecule is C=C/C=C\C1=C(C)C(C)=C(/C=C(/N)C=C)C12CC(C)(C)c1c(C)ccc(C)c12. The lowest BCUT2D eigenvalue weighted by molar-refractivity contribution is 0.444. The lowest BCUT2D eigenvalue weighted by Crippen LogP contribution is -2.29. The summed E-state index contributed by atoms with van der Waals surface area (Å²) in [6, 6.07) is 4.54. The number of fused-ring (bicyclic) bond motifs is 2. The van der Waals surface area contributed by atoms with Gasteiger partial charge in [-0.3, -0.25) is 0 Å². The molecule has 1 heteroatoms. The van der Waals surface area contributed by atoms with Gasteiger partial charge in [0.1, 0.15) is 0 Å². The predicted octanol–water partition coefficient (Wildman–Crippen LogP) is 6.64. The maximum atomic E-state index is 6.27. The lowest BCUT2D eigenvalue weighted by Gasteiger charge is -2.34. The topological polar surface area (TPSA) is 26.0 Å². The van der Waals surface area contributed by atoms with Crippen LogP contribution in [-0.4, -0.2) is 0 Å². The van der Waals surface area contributed by atoms with E-state index < -0.39 is 0 Å². The van der Waals surface area contributed by atoms with Gasteiger partial charge in [0.05, 0.1) is 0 Å². The predicted molar refractivity (Wildman–Crippen MR) is 122 cm³/mol. The molecule has 0 aromatic heterocycles. The van der Waals surface area contributed by atoms with E-state index >= 15 is 0 Å². The molecule has 0 radical (unpaired) electrons. The minimum atomic E-state index is -0.184. The minimum absolute atomic E-state index is 0.0750. The molecule has 3 rings (SSSR count). The molecule has 2 aliphatic carbocycles. The number of hydrogen-bond acceptors (Lipinski definition) is 1. The molecule has 0 aliphatic heterocycles. The standard InChI is InChI=1S/C27H33N/c1-9-11-12-22-19(5)20(6)23(15-21(28)10-2)27(22)16-26(7,8)24-17(3)13-14-18(4)25(24)27/h9-15H,1-2,16,28H2,3-8H3/b12-11-,21-15+. The molecule has 1 atom stereocenters. The smallest absolute Gasteiger partial charge is 0.0471 e. The molecular weight excluding hydrogens is 338 g/mol. The van der Waals surface area contributed by atoms with Gasteiger partial charge in [0, 0.05) is 11.1 Å². The van der Waals surface area contributed by atoms with E-state index in [1.165, 1.54) is 44.5 Å². The first-order valence-corrected chi connectivity index (χ1v) is 10.0. The van der Waals surface area contributed by atoms with Crippen molar-refractivity contribution >= 4 is 0 Å². The van der Waals surface area contributed by atoms with Crippen LogP contribution in [0.2, 0.25) is 0 Å². The van der Waals surface area contributed by atoms with Crippen LogP contribution in [0.1, 0.15) is 56.4 Å². The van der Waals surface area contributed by atoms with Gasteiger partial charge < -0.3 is 5.73 Å². The molecule has 0 amide bonds. The van der Waals surface area contributed by atoms with Gasteiger partial charge in [0.2, 0.25) is 0 Å². The first kappa shape index (κ1) is 20.2. The van der Waals surface area contributed by atoms with Crippen LogP contribution in [0.5, 0.6) is 0 Å². The number of allylic oxidation sites excluding steroid dienone is 9. The summed E-state index contributed by atoms with van der Waals surface area (Å²) in [5.41, 5.74) is 17.9. The van der Waals surface area contributed by atoms with E-state index in [-0.39, 0.29) is 10.8 Å². The number of benzene rings is 1. The van der Waals surface area contributed by atoms with Crippen LogP contribution >= 0.6 is 0 Å². The summed E-state index contributed by atoms with van der Waals surface area (Å²) in [5.74, 6) is 0. The second-order valence-corrected chi connectivity index (χ2v) is 8.94. The minimum Gasteiger partial charge on any atom is -0.399 e. The van der Waals surface area contributed by atoms with Crippen molar-refractivity contribution in [3.05, 3.63) is 106 Å². The molecule has 1 aromatic rings. The van der Waals surface area contributed by atoms with Crippen molar-refractivity contribution in [3.63, 3.8) is 0 Å². The Hall–Kier alpha value is -2.54. The quantitative estimate of drug-likeness (QED) is 0.590. The van der Waals surface area contributed by atoms with Gasteiger partial charge in [-0.15, -0.1) is 0 Å². The highest BCUT2D eigenvalue weighted by molar-refractivity contribution is 5.73. The van der Waals surface area contributed by atoms with Crippen molar-refractivity contribution < 1.29 is 0 Å². The van der Waals surface area contributed by atoms with Gasteiger partial charge in [-0.25, -0.2) is 0 Å². The molecule has 0 heterocycles. The molecule has 0 fully saturated rings. The van der Waals surface area contributed by atoms with E-state index in [0.717, 1.165) is 6.42 Å². The molecule has 2 N–H and O–H groups in total. The molecule has 1 unspecified atom stereocenters. The summed E-state index contributed by atoms with van der Waals surface area (Å²) in [4.78, 5) is 0. The van der Waals surface area contributed by atoms with Crippen molar-refractivity contribution in [1.29, 1.82) is 0 Å². The summed E-state index contributed by atoms with van der Waals surface area (Å²) in [5, 5.41) is 0. The summed E-state index contributed by atoms with van der Waals surface area (Å²) in [7, 11) is 0. The van der Waals surface area contributed by atoms with Crippen molar-refractivity contribution in [1.82, 2.24) is 0 Å². The number of rotatable bonds is 4. The zero-order chi connectivity index (χ0) is 20.9. The average molecular weight is 372 g/mol. The Morgan fingerprint density at radius 3 is 2.11 bits per heavy atom.